The van der Waals surface area contributed by atoms with Crippen LogP contribution >= 0.6 is 0 Å². The highest BCUT2D eigenvalue weighted by atomic mass is 19.4. The molecule has 1 amide bonds. The minimum atomic E-state index is -4.72. The molecule has 0 bridgehead atoms. The summed E-state index contributed by atoms with van der Waals surface area (Å²) in [5.74, 6) is -0.876. The van der Waals surface area contributed by atoms with Crippen molar-refractivity contribution in [3.8, 4) is 11.6 Å². The maximum Gasteiger partial charge on any atom is 0.433 e. The van der Waals surface area contributed by atoms with Crippen molar-refractivity contribution in [2.75, 3.05) is 0 Å². The number of hydrogen-bond acceptors (Lipinski definition) is 4. The van der Waals surface area contributed by atoms with Gasteiger partial charge in [0.15, 0.2) is 5.69 Å². The number of hydrogen-bond donors (Lipinski definition) is 1. The first-order valence-corrected chi connectivity index (χ1v) is 8.96. The van der Waals surface area contributed by atoms with E-state index in [1.165, 1.54) is 30.5 Å². The molecule has 3 aromatic rings. The summed E-state index contributed by atoms with van der Waals surface area (Å²) in [7, 11) is 0. The van der Waals surface area contributed by atoms with E-state index in [0.29, 0.717) is 5.56 Å². The van der Waals surface area contributed by atoms with E-state index in [1.54, 1.807) is 26.0 Å². The predicted octanol–water partition coefficient (Wildman–Crippen LogP) is 4.74. The summed E-state index contributed by atoms with van der Waals surface area (Å²) < 4.78 is 59.5. The number of benzene rings is 1. The molecule has 1 N–H and O–H groups in total. The Morgan fingerprint density at radius 3 is 2.57 bits per heavy atom. The molecule has 3 rings (SSSR count). The van der Waals surface area contributed by atoms with E-state index in [-0.39, 0.29) is 18.2 Å². The van der Waals surface area contributed by atoms with Crippen LogP contribution in [-0.2, 0) is 12.7 Å². The van der Waals surface area contributed by atoms with Crippen LogP contribution in [0.2, 0.25) is 0 Å². The highest BCUT2D eigenvalue weighted by molar-refractivity contribution is 5.95. The summed E-state index contributed by atoms with van der Waals surface area (Å²) in [5.41, 5.74) is -1.10. The highest BCUT2D eigenvalue weighted by Crippen LogP contribution is 2.33. The SMILES string of the molecule is CC(C)n1ncc(C(=O)NCc2ccc(Oc3cccc(F)c3)nc2)c1C(F)(F)F. The summed E-state index contributed by atoms with van der Waals surface area (Å²) >= 11 is 0. The Hall–Kier alpha value is -3.43. The van der Waals surface area contributed by atoms with Crippen molar-refractivity contribution in [2.24, 2.45) is 0 Å². The molecule has 0 aliphatic heterocycles. The van der Waals surface area contributed by atoms with Gasteiger partial charge in [0.2, 0.25) is 5.88 Å². The van der Waals surface area contributed by atoms with E-state index in [1.807, 2.05) is 0 Å². The van der Waals surface area contributed by atoms with Gasteiger partial charge in [0, 0.05) is 30.9 Å². The summed E-state index contributed by atoms with van der Waals surface area (Å²) in [5, 5.41) is 6.13. The third-order valence-electron chi connectivity index (χ3n) is 4.07. The Kier molecular flexibility index (Phi) is 6.04. The van der Waals surface area contributed by atoms with Crippen molar-refractivity contribution >= 4 is 5.91 Å². The molecule has 2 heterocycles. The second-order valence-electron chi connectivity index (χ2n) is 6.69. The quantitative estimate of drug-likeness (QED) is 0.583. The van der Waals surface area contributed by atoms with E-state index in [0.717, 1.165) is 10.9 Å². The summed E-state index contributed by atoms with van der Waals surface area (Å²) in [6, 6.07) is 8.07. The van der Waals surface area contributed by atoms with Crippen molar-refractivity contribution in [1.29, 1.82) is 0 Å². The number of aromatic nitrogens is 3. The van der Waals surface area contributed by atoms with Gasteiger partial charge >= 0.3 is 6.18 Å². The summed E-state index contributed by atoms with van der Waals surface area (Å²) in [4.78, 5) is 16.4. The van der Waals surface area contributed by atoms with Gasteiger partial charge in [-0.15, -0.1) is 0 Å². The fourth-order valence-corrected chi connectivity index (χ4v) is 2.71. The molecule has 158 valence electrons. The molecule has 0 aliphatic rings. The number of nitrogens with one attached hydrogen (secondary N) is 1. The number of amides is 1. The lowest BCUT2D eigenvalue weighted by Gasteiger charge is -2.15. The van der Waals surface area contributed by atoms with Gasteiger partial charge in [-0.25, -0.2) is 9.37 Å². The van der Waals surface area contributed by atoms with Crippen molar-refractivity contribution in [3.63, 3.8) is 0 Å². The van der Waals surface area contributed by atoms with Crippen molar-refractivity contribution in [1.82, 2.24) is 20.1 Å². The minimum Gasteiger partial charge on any atom is -0.439 e. The third-order valence-corrected chi connectivity index (χ3v) is 4.07. The van der Waals surface area contributed by atoms with Gasteiger partial charge in [0.25, 0.3) is 5.91 Å². The van der Waals surface area contributed by atoms with Crippen LogP contribution in [0.1, 0.15) is 41.5 Å². The van der Waals surface area contributed by atoms with E-state index >= 15 is 0 Å². The topological polar surface area (TPSA) is 69.0 Å². The maximum atomic E-state index is 13.4. The third kappa shape index (κ3) is 4.94. The van der Waals surface area contributed by atoms with Crippen LogP contribution in [0.25, 0.3) is 0 Å². The standard InChI is InChI=1S/C20H18F4N4O2/c1-12(2)28-18(20(22,23)24)16(11-27-28)19(29)26-10-13-6-7-17(25-9-13)30-15-5-3-4-14(21)8-15/h3-9,11-12H,10H2,1-2H3,(H,26,29). The van der Waals surface area contributed by atoms with Gasteiger partial charge in [0.1, 0.15) is 11.6 Å². The maximum absolute atomic E-state index is 13.4. The molecule has 0 atom stereocenters. The first-order valence-electron chi connectivity index (χ1n) is 8.96. The monoisotopic (exact) mass is 422 g/mol. The highest BCUT2D eigenvalue weighted by Gasteiger charge is 2.40. The minimum absolute atomic E-state index is 0.0454. The lowest BCUT2D eigenvalue weighted by atomic mass is 10.2. The van der Waals surface area contributed by atoms with E-state index < -0.39 is 35.2 Å². The lowest BCUT2D eigenvalue weighted by Crippen LogP contribution is -2.27. The molecule has 0 fully saturated rings. The van der Waals surface area contributed by atoms with Crippen LogP contribution in [0, 0.1) is 5.82 Å². The van der Waals surface area contributed by atoms with Gasteiger partial charge in [-0.2, -0.15) is 18.3 Å². The fraction of sp³-hybridized carbons (Fsp3) is 0.250. The molecule has 0 aliphatic carbocycles. The summed E-state index contributed by atoms with van der Waals surface area (Å²) in [6.07, 6.45) is -2.41. The van der Waals surface area contributed by atoms with Gasteiger partial charge < -0.3 is 10.1 Å². The average molecular weight is 422 g/mol. The zero-order valence-electron chi connectivity index (χ0n) is 16.1. The molecular formula is C20H18F4N4O2. The Morgan fingerprint density at radius 1 is 1.20 bits per heavy atom. The number of halogens is 4. The predicted molar refractivity (Wildman–Crippen MR) is 99.5 cm³/mol. The average Bonchev–Trinajstić information content (AvgIpc) is 3.13. The van der Waals surface area contributed by atoms with Crippen molar-refractivity contribution < 1.29 is 27.1 Å². The van der Waals surface area contributed by atoms with Crippen LogP contribution in [0.15, 0.2) is 48.8 Å². The number of alkyl halides is 3. The first-order chi connectivity index (χ1) is 14.1. The van der Waals surface area contributed by atoms with E-state index in [9.17, 15) is 22.4 Å². The number of pyridine rings is 1. The molecule has 0 radical (unpaired) electrons. The Bertz CT molecular complexity index is 1030. The van der Waals surface area contributed by atoms with Crippen LogP contribution in [0.4, 0.5) is 17.6 Å². The lowest BCUT2D eigenvalue weighted by molar-refractivity contribution is -0.145. The molecule has 0 saturated carbocycles. The number of ether oxygens (including phenoxy) is 1. The molecule has 1 aromatic carbocycles. The number of nitrogens with zero attached hydrogens (tertiary/aromatic N) is 3. The molecule has 0 spiro atoms. The molecular weight excluding hydrogens is 404 g/mol. The largest absolute Gasteiger partial charge is 0.439 e. The number of carbonyl (C=O) groups excluding carboxylic acids is 1. The molecule has 6 nitrogen and oxygen atoms in total. The zero-order valence-corrected chi connectivity index (χ0v) is 16.1. The molecule has 0 saturated heterocycles. The van der Waals surface area contributed by atoms with Crippen LogP contribution in [-0.4, -0.2) is 20.7 Å². The second kappa shape index (κ2) is 8.52. The van der Waals surface area contributed by atoms with Crippen LogP contribution < -0.4 is 10.1 Å². The van der Waals surface area contributed by atoms with Gasteiger partial charge in [-0.1, -0.05) is 12.1 Å². The molecule has 0 unspecified atom stereocenters. The van der Waals surface area contributed by atoms with Crippen LogP contribution in [0.5, 0.6) is 11.6 Å². The van der Waals surface area contributed by atoms with Crippen molar-refractivity contribution in [2.45, 2.75) is 32.6 Å². The zero-order chi connectivity index (χ0) is 21.9. The number of carbonyl (C=O) groups is 1. The Morgan fingerprint density at radius 2 is 1.97 bits per heavy atom. The van der Waals surface area contributed by atoms with Crippen molar-refractivity contribution in [3.05, 3.63) is 71.4 Å². The molecule has 10 heteroatoms. The van der Waals surface area contributed by atoms with E-state index in [2.05, 4.69) is 15.4 Å². The first kappa shape index (κ1) is 21.3. The van der Waals surface area contributed by atoms with E-state index in [4.69, 9.17) is 4.74 Å². The van der Waals surface area contributed by atoms with Gasteiger partial charge in [0.05, 0.1) is 11.8 Å². The number of rotatable bonds is 6. The Balaban J connectivity index is 1.67. The second-order valence-corrected chi connectivity index (χ2v) is 6.69. The molecule has 30 heavy (non-hydrogen) atoms. The summed E-state index contributed by atoms with van der Waals surface area (Å²) in [6.45, 7) is 3.04. The van der Waals surface area contributed by atoms with Gasteiger partial charge in [-0.05, 0) is 31.5 Å². The van der Waals surface area contributed by atoms with Gasteiger partial charge in [-0.3, -0.25) is 9.48 Å². The smallest absolute Gasteiger partial charge is 0.433 e. The molecule has 2 aromatic heterocycles. The van der Waals surface area contributed by atoms with Crippen LogP contribution in [0.3, 0.4) is 0 Å². The fourth-order valence-electron chi connectivity index (χ4n) is 2.71. The normalized spacial score (nSPS) is 11.6. The Labute approximate surface area is 169 Å².